The first-order valence-corrected chi connectivity index (χ1v) is 9.42. The van der Waals surface area contributed by atoms with Crippen LogP contribution in [0.25, 0.3) is 0 Å². The maximum atomic E-state index is 12.6. The van der Waals surface area contributed by atoms with Gasteiger partial charge in [-0.05, 0) is 25.0 Å². The van der Waals surface area contributed by atoms with Crippen LogP contribution in [0.5, 0.6) is 0 Å². The van der Waals surface area contributed by atoms with Crippen LogP contribution in [0.1, 0.15) is 19.4 Å². The molecule has 0 spiro atoms. The molecule has 8 heteroatoms. The molecule has 1 saturated heterocycles. The van der Waals surface area contributed by atoms with Gasteiger partial charge < -0.3 is 14.8 Å². The van der Waals surface area contributed by atoms with Gasteiger partial charge in [-0.2, -0.15) is 0 Å². The highest BCUT2D eigenvalue weighted by atomic mass is 32.2. The fourth-order valence-corrected chi connectivity index (χ4v) is 4.16. The molecule has 0 aliphatic carbocycles. The minimum atomic E-state index is -0.744. The number of alkyl carbamates (subject to hydrolysis) is 1. The van der Waals surface area contributed by atoms with Crippen LogP contribution < -0.4 is 5.32 Å². The predicted molar refractivity (Wildman–Crippen MR) is 100 cm³/mol. The zero-order chi connectivity index (χ0) is 19.6. The highest BCUT2D eigenvalue weighted by molar-refractivity contribution is 8.00. The van der Waals surface area contributed by atoms with E-state index >= 15 is 0 Å². The highest BCUT2D eigenvalue weighted by Crippen LogP contribution is 2.40. The summed E-state index contributed by atoms with van der Waals surface area (Å²) >= 11 is 1.48. The van der Waals surface area contributed by atoms with Crippen LogP contribution in [0.15, 0.2) is 53.9 Å². The summed E-state index contributed by atoms with van der Waals surface area (Å²) in [5, 5.41) is 2.16. The molecule has 2 heterocycles. The van der Waals surface area contributed by atoms with Crippen LogP contribution in [-0.2, 0) is 25.7 Å². The van der Waals surface area contributed by atoms with Gasteiger partial charge in [-0.15, -0.1) is 11.8 Å². The van der Waals surface area contributed by atoms with Gasteiger partial charge in [0.25, 0.3) is 5.91 Å². The molecule has 7 nitrogen and oxygen atoms in total. The minimum absolute atomic E-state index is 0.128. The Hall–Kier alpha value is -2.74. The molecule has 1 N–H and O–H groups in total. The number of amides is 2. The van der Waals surface area contributed by atoms with Gasteiger partial charge in [-0.3, -0.25) is 9.69 Å². The lowest BCUT2D eigenvalue weighted by Gasteiger charge is -2.49. The molecular formula is C19H20N2O5S. The van der Waals surface area contributed by atoms with E-state index in [1.807, 2.05) is 30.3 Å². The molecule has 2 atom stereocenters. The number of fused-ring (bicyclic) bond motifs is 1. The van der Waals surface area contributed by atoms with E-state index in [0.717, 1.165) is 11.1 Å². The summed E-state index contributed by atoms with van der Waals surface area (Å²) in [4.78, 5) is 38.2. The number of ether oxygens (including phenoxy) is 2. The molecule has 1 fully saturated rings. The Kier molecular flexibility index (Phi) is 5.55. The molecule has 0 aromatic heterocycles. The van der Waals surface area contributed by atoms with Crippen molar-refractivity contribution in [1.29, 1.82) is 0 Å². The second kappa shape index (κ2) is 7.87. The third-order valence-corrected chi connectivity index (χ3v) is 5.53. The Morgan fingerprint density at radius 3 is 2.70 bits per heavy atom. The Balaban J connectivity index is 1.66. The van der Waals surface area contributed by atoms with E-state index < -0.39 is 18.1 Å². The Morgan fingerprint density at radius 2 is 2.04 bits per heavy atom. The van der Waals surface area contributed by atoms with E-state index in [2.05, 4.69) is 11.9 Å². The molecule has 2 aliphatic rings. The van der Waals surface area contributed by atoms with Crippen LogP contribution in [0.2, 0.25) is 0 Å². The number of carbonyl (C=O) groups is 3. The van der Waals surface area contributed by atoms with Gasteiger partial charge in [0.1, 0.15) is 23.7 Å². The van der Waals surface area contributed by atoms with Crippen molar-refractivity contribution in [3.05, 3.63) is 59.5 Å². The molecular weight excluding hydrogens is 368 g/mol. The molecule has 1 aromatic rings. The van der Waals surface area contributed by atoms with Crippen LogP contribution in [0.4, 0.5) is 4.79 Å². The fourth-order valence-electron chi connectivity index (χ4n) is 2.87. The molecule has 1 unspecified atom stereocenters. The number of rotatable bonds is 5. The molecule has 1 aromatic carbocycles. The summed E-state index contributed by atoms with van der Waals surface area (Å²) in [5.41, 5.74) is 1.89. The van der Waals surface area contributed by atoms with Gasteiger partial charge in [0.15, 0.2) is 0 Å². The van der Waals surface area contributed by atoms with Gasteiger partial charge >= 0.3 is 12.1 Å². The van der Waals surface area contributed by atoms with Crippen molar-refractivity contribution >= 4 is 29.7 Å². The van der Waals surface area contributed by atoms with Crippen molar-refractivity contribution < 1.29 is 23.9 Å². The average molecular weight is 388 g/mol. The third kappa shape index (κ3) is 4.00. The Labute approximate surface area is 161 Å². The van der Waals surface area contributed by atoms with Crippen LogP contribution in [-0.4, -0.2) is 40.0 Å². The molecule has 142 valence electrons. The van der Waals surface area contributed by atoms with Crippen molar-refractivity contribution in [3.8, 4) is 0 Å². The molecule has 3 rings (SSSR count). The quantitative estimate of drug-likeness (QED) is 0.474. The fraction of sp³-hybridized carbons (Fsp3) is 0.316. The largest absolute Gasteiger partial charge is 0.456 e. The summed E-state index contributed by atoms with van der Waals surface area (Å²) in [6, 6.07) is 8.57. The number of nitrogens with one attached hydrogen (secondary N) is 1. The first-order chi connectivity index (χ1) is 12.9. The van der Waals surface area contributed by atoms with Crippen LogP contribution >= 0.6 is 11.8 Å². The summed E-state index contributed by atoms with van der Waals surface area (Å²) in [6.45, 7) is 6.95. The maximum Gasteiger partial charge on any atom is 0.413 e. The molecule has 0 bridgehead atoms. The van der Waals surface area contributed by atoms with E-state index in [4.69, 9.17) is 9.47 Å². The standard InChI is InChI=1S/C19H20N2O5S/c1-11(2)26-19(24)20-14-16(22)21-15(12(3)10-27-17(14)21)18(23)25-9-13-7-5-4-6-8-13/h4-8,14,17H,1,9-10H2,2-3H3,(H,20,24)/t14?,17-/m1/s1. The first kappa shape index (κ1) is 19.0. The van der Waals surface area contributed by atoms with Gasteiger partial charge in [-0.1, -0.05) is 36.9 Å². The predicted octanol–water partition coefficient (Wildman–Crippen LogP) is 2.55. The van der Waals surface area contributed by atoms with Crippen LogP contribution in [0, 0.1) is 0 Å². The van der Waals surface area contributed by atoms with Crippen LogP contribution in [0.3, 0.4) is 0 Å². The number of benzene rings is 1. The monoisotopic (exact) mass is 388 g/mol. The Morgan fingerprint density at radius 1 is 1.33 bits per heavy atom. The normalized spacial score (nSPS) is 21.1. The average Bonchev–Trinajstić information content (AvgIpc) is 2.64. The first-order valence-electron chi connectivity index (χ1n) is 8.38. The topological polar surface area (TPSA) is 84.9 Å². The number of esters is 1. The molecule has 0 saturated carbocycles. The molecule has 2 aliphatic heterocycles. The summed E-state index contributed by atoms with van der Waals surface area (Å²) < 4.78 is 10.2. The highest BCUT2D eigenvalue weighted by Gasteiger charge is 2.54. The number of β-lactam (4-membered cyclic amide) rings is 1. The van der Waals surface area contributed by atoms with Crippen molar-refractivity contribution in [2.24, 2.45) is 0 Å². The molecule has 0 radical (unpaired) electrons. The summed E-state index contributed by atoms with van der Waals surface area (Å²) in [6.07, 6.45) is -0.736. The SMILES string of the molecule is C=C(C)OC(=O)NC1C(=O)N2C(C(=O)OCc3ccccc3)=C(C)CS[C@H]12. The number of carbonyl (C=O) groups excluding carboxylic acids is 3. The maximum absolute atomic E-state index is 12.6. The number of thioether (sulfide) groups is 1. The van der Waals surface area contributed by atoms with E-state index in [9.17, 15) is 14.4 Å². The molecule has 2 amide bonds. The number of nitrogens with zero attached hydrogens (tertiary/aromatic N) is 1. The lowest BCUT2D eigenvalue weighted by Crippen LogP contribution is -2.70. The lowest BCUT2D eigenvalue weighted by molar-refractivity contribution is -0.152. The lowest BCUT2D eigenvalue weighted by atomic mass is 10.0. The minimum Gasteiger partial charge on any atom is -0.456 e. The van der Waals surface area contributed by atoms with Gasteiger partial charge in [-0.25, -0.2) is 9.59 Å². The number of hydrogen-bond acceptors (Lipinski definition) is 6. The number of hydrogen-bond donors (Lipinski definition) is 1. The zero-order valence-corrected chi connectivity index (χ0v) is 15.9. The van der Waals surface area contributed by atoms with Crippen molar-refractivity contribution in [2.75, 3.05) is 5.75 Å². The van der Waals surface area contributed by atoms with Gasteiger partial charge in [0.2, 0.25) is 0 Å². The number of allylic oxidation sites excluding steroid dienone is 1. The second-order valence-electron chi connectivity index (χ2n) is 6.31. The van der Waals surface area contributed by atoms with E-state index in [1.165, 1.54) is 23.6 Å². The zero-order valence-electron chi connectivity index (χ0n) is 15.1. The van der Waals surface area contributed by atoms with Gasteiger partial charge in [0, 0.05) is 5.75 Å². The van der Waals surface area contributed by atoms with E-state index in [1.54, 1.807) is 6.92 Å². The van der Waals surface area contributed by atoms with Crippen molar-refractivity contribution in [1.82, 2.24) is 10.2 Å². The summed E-state index contributed by atoms with van der Waals surface area (Å²) in [5.74, 6) is -0.110. The third-order valence-electron chi connectivity index (χ3n) is 4.11. The second-order valence-corrected chi connectivity index (χ2v) is 7.42. The van der Waals surface area contributed by atoms with E-state index in [-0.39, 0.29) is 29.3 Å². The van der Waals surface area contributed by atoms with Crippen molar-refractivity contribution in [3.63, 3.8) is 0 Å². The van der Waals surface area contributed by atoms with Gasteiger partial charge in [0.05, 0.1) is 5.76 Å². The van der Waals surface area contributed by atoms with Crippen molar-refractivity contribution in [2.45, 2.75) is 31.9 Å². The molecule has 27 heavy (non-hydrogen) atoms. The van der Waals surface area contributed by atoms with E-state index in [0.29, 0.717) is 5.75 Å². The Bertz CT molecular complexity index is 821. The smallest absolute Gasteiger partial charge is 0.413 e. The summed E-state index contributed by atoms with van der Waals surface area (Å²) in [7, 11) is 0.